The minimum Gasteiger partial charge on any atom is -0.393 e. The number of halogens is 6. The van der Waals surface area contributed by atoms with Crippen molar-refractivity contribution in [2.24, 2.45) is 0 Å². The summed E-state index contributed by atoms with van der Waals surface area (Å²) in [5.41, 5.74) is -5.15. The summed E-state index contributed by atoms with van der Waals surface area (Å²) in [6.45, 7) is 2.84. The van der Waals surface area contributed by atoms with Crippen molar-refractivity contribution in [3.05, 3.63) is 0 Å². The fourth-order valence-electron chi connectivity index (χ4n) is 0.449. The molecule has 0 aliphatic carbocycles. The standard InChI is InChI=1S/C6H11F3.C5H9F3O.Rf/c1-4-5(2,7)6(3,8)9;1-4(6,3-9)5(2,7)8;/h4H2,1-3H3;9H,3H2,1-2H3;. The van der Waals surface area contributed by atoms with Crippen LogP contribution >= 0.6 is 0 Å². The third-order valence-corrected chi connectivity index (χ3v) is 2.79. The third-order valence-electron chi connectivity index (χ3n) is 2.79. The van der Waals surface area contributed by atoms with Crippen LogP contribution < -0.4 is 0 Å². The number of alkyl halides is 6. The minimum atomic E-state index is -3.47. The molecule has 1 nitrogen and oxygen atoms in total. The Morgan fingerprint density at radius 2 is 1.00 bits per heavy atom. The van der Waals surface area contributed by atoms with Crippen LogP contribution in [0.25, 0.3) is 0 Å². The summed E-state index contributed by atoms with van der Waals surface area (Å²) in [5.74, 6) is -6.69. The Kier molecular flexibility index (Phi) is 7.92. The van der Waals surface area contributed by atoms with E-state index < -0.39 is 29.8 Å². The molecule has 0 fully saturated rings. The summed E-state index contributed by atoms with van der Waals surface area (Å²) in [4.78, 5) is 0. The molecule has 8 heteroatoms. The van der Waals surface area contributed by atoms with Gasteiger partial charge in [0.25, 0.3) is 11.8 Å². The van der Waals surface area contributed by atoms with E-state index in [2.05, 4.69) is 0 Å². The van der Waals surface area contributed by atoms with Crippen molar-refractivity contribution in [2.45, 2.75) is 64.2 Å². The molecule has 0 aliphatic rings. The molecule has 19 heavy (non-hydrogen) atoms. The zero-order chi connectivity index (χ0) is 15.4. The molecule has 2 atom stereocenters. The first-order chi connectivity index (χ1) is 7.62. The molecular formula is C11H20F6ORf. The van der Waals surface area contributed by atoms with Gasteiger partial charge in [0, 0.05) is 13.8 Å². The van der Waals surface area contributed by atoms with Crippen molar-refractivity contribution in [2.75, 3.05) is 6.61 Å². The minimum absolute atomic E-state index is 0. The largest absolute Gasteiger partial charge is 0.393 e. The molecule has 0 radical (unpaired) electrons. The molecule has 0 spiro atoms. The first-order valence-electron chi connectivity index (χ1n) is 5.36. The van der Waals surface area contributed by atoms with Crippen LogP contribution in [0.1, 0.15) is 41.0 Å². The summed E-state index contributed by atoms with van der Waals surface area (Å²) in [6.07, 6.45) is -0.156. The maximum absolute atomic E-state index is 12.6. The molecule has 1 N–H and O–H groups in total. The second-order valence-corrected chi connectivity index (χ2v) is 4.68. The van der Waals surface area contributed by atoms with Gasteiger partial charge < -0.3 is 5.11 Å². The molecule has 0 saturated carbocycles. The van der Waals surface area contributed by atoms with E-state index in [1.54, 1.807) is 0 Å². The zero-order valence-electron chi connectivity index (χ0n) is 11.8. The molecule has 0 aliphatic heterocycles. The number of aliphatic hydroxyl groups excluding tert-OH is 1. The van der Waals surface area contributed by atoms with Gasteiger partial charge >= 0.3 is 0 Å². The monoisotopic (exact) mass is 549 g/mol. The van der Waals surface area contributed by atoms with E-state index >= 15 is 0 Å². The summed E-state index contributed by atoms with van der Waals surface area (Å²) < 4.78 is 73.1. The Labute approximate surface area is 103 Å². The van der Waals surface area contributed by atoms with E-state index in [4.69, 9.17) is 5.11 Å². The van der Waals surface area contributed by atoms with Crippen LogP contribution in [0.15, 0.2) is 0 Å². The average molecular weight is 549 g/mol. The molecule has 0 bridgehead atoms. The molecule has 0 aromatic carbocycles. The van der Waals surface area contributed by atoms with Crippen molar-refractivity contribution < 1.29 is 31.4 Å². The van der Waals surface area contributed by atoms with Gasteiger partial charge in [-0.25, -0.2) is 26.3 Å². The predicted octanol–water partition coefficient (Wildman–Crippen LogP) is 4.14. The van der Waals surface area contributed by atoms with E-state index in [0.29, 0.717) is 20.8 Å². The molecule has 0 aromatic heterocycles. The van der Waals surface area contributed by atoms with Crippen LogP contribution in [0.4, 0.5) is 26.3 Å². The fourth-order valence-corrected chi connectivity index (χ4v) is 0.449. The smallest absolute Gasteiger partial charge is 0.280 e. The second kappa shape index (κ2) is 6.63. The van der Waals surface area contributed by atoms with Crippen LogP contribution in [0.2, 0.25) is 0 Å². The second-order valence-electron chi connectivity index (χ2n) is 4.68. The molecule has 0 heterocycles. The Hall–Kier alpha value is -1.46. The predicted molar refractivity (Wildman–Crippen MR) is 57.6 cm³/mol. The molecule has 0 amide bonds. The molecule has 0 saturated heterocycles. The van der Waals surface area contributed by atoms with Gasteiger partial charge in [-0.2, -0.15) is 0 Å². The van der Waals surface area contributed by atoms with Gasteiger partial charge in [-0.05, 0) is 20.3 Å². The number of hydrogen-bond donors (Lipinski definition) is 1. The van der Waals surface area contributed by atoms with E-state index in [1.165, 1.54) is 6.92 Å². The maximum atomic E-state index is 12.6. The van der Waals surface area contributed by atoms with E-state index in [1.807, 2.05) is 0 Å². The van der Waals surface area contributed by atoms with Crippen molar-refractivity contribution in [3.63, 3.8) is 0 Å². The van der Waals surface area contributed by atoms with Gasteiger partial charge in [0.15, 0.2) is 11.3 Å². The summed E-state index contributed by atoms with van der Waals surface area (Å²) in [7, 11) is 0. The van der Waals surface area contributed by atoms with Gasteiger partial charge in [-0.15, -0.1) is 0 Å². The Bertz CT molecular complexity index is 219. The van der Waals surface area contributed by atoms with Crippen LogP contribution in [-0.4, -0.2) is 34.9 Å². The summed E-state index contributed by atoms with van der Waals surface area (Å²) >= 11 is 0. The molecule has 0 rings (SSSR count). The number of rotatable bonds is 4. The van der Waals surface area contributed by atoms with Crippen molar-refractivity contribution >= 4 is 0 Å². The molecule has 0 aromatic rings. The maximum Gasteiger partial charge on any atom is 0.280 e. The molecule has 114 valence electrons. The third kappa shape index (κ3) is 6.88. The van der Waals surface area contributed by atoms with Crippen molar-refractivity contribution in [1.82, 2.24) is 0 Å². The first-order valence-corrected chi connectivity index (χ1v) is 5.36. The van der Waals surface area contributed by atoms with Crippen molar-refractivity contribution in [1.29, 1.82) is 0 Å². The van der Waals surface area contributed by atoms with E-state index in [-0.39, 0.29) is 6.42 Å². The Balaban J connectivity index is -0.000000256. The number of aliphatic hydroxyl groups is 1. The van der Waals surface area contributed by atoms with Gasteiger partial charge in [0.1, 0.15) is 0 Å². The Morgan fingerprint density at radius 3 is 1.00 bits per heavy atom. The quantitative estimate of drug-likeness (QED) is 0.524. The van der Waals surface area contributed by atoms with Crippen molar-refractivity contribution in [3.8, 4) is 0 Å². The number of hydrogen-bond acceptors (Lipinski definition) is 1. The molecular weight excluding hydrogens is 529 g/mol. The fraction of sp³-hybridized carbons (Fsp3) is 1.00. The average Bonchev–Trinajstić information content (AvgIpc) is 2.15. The Morgan fingerprint density at radius 1 is 0.737 bits per heavy atom. The summed E-state index contributed by atoms with van der Waals surface area (Å²) in [5, 5.41) is 8.07. The first kappa shape index (κ1) is 22.7. The summed E-state index contributed by atoms with van der Waals surface area (Å²) in [6, 6.07) is 0. The van der Waals surface area contributed by atoms with E-state index in [0.717, 1.165) is 6.92 Å². The van der Waals surface area contributed by atoms with Crippen LogP contribution in [0.3, 0.4) is 0 Å². The van der Waals surface area contributed by atoms with Crippen LogP contribution in [0.5, 0.6) is 0 Å². The van der Waals surface area contributed by atoms with E-state index in [9.17, 15) is 26.3 Å². The van der Waals surface area contributed by atoms with Crippen LogP contribution in [-0.2, 0) is 0 Å². The topological polar surface area (TPSA) is 20.2 Å². The van der Waals surface area contributed by atoms with Gasteiger partial charge in [-0.3, -0.25) is 0 Å². The SMILES string of the molecule is CC(F)(F)C(C)(F)CO.CCC(C)(F)C(C)(F)F.[Rf]. The normalized spacial score (nSPS) is 18.3. The van der Waals surface area contributed by atoms with Gasteiger partial charge in [0.05, 0.1) is 6.61 Å². The zero-order valence-corrected chi connectivity index (χ0v) is 18.2. The molecule has 2 unspecified atom stereocenters. The van der Waals surface area contributed by atoms with Gasteiger partial charge in [-0.1, -0.05) is 6.92 Å². The van der Waals surface area contributed by atoms with Gasteiger partial charge in [0.2, 0.25) is 0 Å². The van der Waals surface area contributed by atoms with Crippen LogP contribution in [0, 0.1) is 0 Å².